The van der Waals surface area contributed by atoms with E-state index in [1.165, 1.54) is 0 Å². The number of carbonyl (C=O) groups excluding carboxylic acids is 1. The first-order valence-corrected chi connectivity index (χ1v) is 12.3. The molecule has 1 aliphatic carbocycles. The molecule has 1 aromatic heterocycles. The van der Waals surface area contributed by atoms with Crippen LogP contribution in [0.3, 0.4) is 0 Å². The van der Waals surface area contributed by atoms with Crippen LogP contribution in [-0.2, 0) is 22.3 Å². The molecule has 1 aromatic carbocycles. The number of likely N-dealkylation sites (tertiary alicyclic amines) is 1. The van der Waals surface area contributed by atoms with Crippen LogP contribution in [0.5, 0.6) is 5.75 Å². The summed E-state index contributed by atoms with van der Waals surface area (Å²) in [6, 6.07) is 6.09. The summed E-state index contributed by atoms with van der Waals surface area (Å²) < 4.78 is 53.1. The molecule has 0 spiro atoms. The molecule has 2 fully saturated rings. The molecule has 0 N–H and O–H groups in total. The number of nitrogens with zero attached hydrogens (tertiary/aromatic N) is 3. The van der Waals surface area contributed by atoms with E-state index in [2.05, 4.69) is 11.7 Å². The highest BCUT2D eigenvalue weighted by Crippen LogP contribution is 2.44. The van der Waals surface area contributed by atoms with Gasteiger partial charge < -0.3 is 14.4 Å². The average molecular weight is 516 g/mol. The Hall–Kier alpha value is -3.49. The van der Waals surface area contributed by atoms with E-state index >= 15 is 0 Å². The van der Waals surface area contributed by atoms with Crippen LogP contribution < -0.4 is 4.74 Å². The second-order valence-electron chi connectivity index (χ2n) is 9.42. The Kier molecular flexibility index (Phi) is 7.52. The Labute approximate surface area is 215 Å². The minimum absolute atomic E-state index is 0.0334. The number of allylic oxidation sites excluding steroid dienone is 3. The number of hydrogen-bond donors (Lipinski definition) is 0. The Balaban J connectivity index is 1.73. The number of methoxy groups -OCH3 is 1. The number of amides is 1. The summed E-state index contributed by atoms with van der Waals surface area (Å²) in [6.07, 6.45) is 0.703. The summed E-state index contributed by atoms with van der Waals surface area (Å²) in [4.78, 5) is 15.2. The molecule has 2 aromatic rings. The monoisotopic (exact) mass is 515 g/mol. The van der Waals surface area contributed by atoms with Crippen LogP contribution in [0.1, 0.15) is 61.2 Å². The normalized spacial score (nSPS) is 19.6. The van der Waals surface area contributed by atoms with E-state index in [0.29, 0.717) is 29.4 Å². The Morgan fingerprint density at radius 3 is 2.65 bits per heavy atom. The van der Waals surface area contributed by atoms with Gasteiger partial charge in [-0.05, 0) is 74.1 Å². The van der Waals surface area contributed by atoms with Crippen LogP contribution in [0.15, 0.2) is 59.9 Å². The van der Waals surface area contributed by atoms with E-state index in [1.54, 1.807) is 12.0 Å². The lowest BCUT2D eigenvalue weighted by Gasteiger charge is -2.27. The first-order chi connectivity index (χ1) is 17.5. The van der Waals surface area contributed by atoms with Gasteiger partial charge in [-0.15, -0.1) is 0 Å². The lowest BCUT2D eigenvalue weighted by molar-refractivity contribution is -0.145. The number of carbonyl (C=O) groups is 1. The molecule has 1 amide bonds. The standard InChI is InChI=1S/C28H32F3N3O3/c1-6-37-18(3)10-13-21-17(2)15-33(27(21)22-8-7-9-24(36-5)19(22)4)26(35)16-34-25(28(29,30)31)14-23(32-34)20-11-12-20/h7-10,13-14,20,27H,2,6,11-12,15-16H2,1,3-5H3/b18-10+,21-13+. The first kappa shape index (κ1) is 26.6. The molecule has 1 saturated heterocycles. The predicted molar refractivity (Wildman–Crippen MR) is 134 cm³/mol. The molecule has 1 atom stereocenters. The third-order valence-corrected chi connectivity index (χ3v) is 6.78. The Morgan fingerprint density at radius 1 is 1.30 bits per heavy atom. The van der Waals surface area contributed by atoms with Crippen LogP contribution in [0, 0.1) is 6.92 Å². The molecule has 0 bridgehead atoms. The summed E-state index contributed by atoms with van der Waals surface area (Å²) in [5.41, 5.74) is 2.64. The van der Waals surface area contributed by atoms with Crippen LogP contribution in [0.4, 0.5) is 13.2 Å². The van der Waals surface area contributed by atoms with Crippen molar-refractivity contribution in [1.82, 2.24) is 14.7 Å². The quantitative estimate of drug-likeness (QED) is 0.399. The zero-order valence-electron chi connectivity index (χ0n) is 21.6. The highest BCUT2D eigenvalue weighted by atomic mass is 19.4. The van der Waals surface area contributed by atoms with Gasteiger partial charge >= 0.3 is 6.18 Å². The summed E-state index contributed by atoms with van der Waals surface area (Å²) in [5.74, 6) is 0.917. The van der Waals surface area contributed by atoms with Crippen molar-refractivity contribution in [3.05, 3.63) is 82.4 Å². The van der Waals surface area contributed by atoms with E-state index in [0.717, 1.165) is 40.3 Å². The topological polar surface area (TPSA) is 56.6 Å². The summed E-state index contributed by atoms with van der Waals surface area (Å²) >= 11 is 0. The molecule has 198 valence electrons. The van der Waals surface area contributed by atoms with E-state index < -0.39 is 30.4 Å². The number of halogens is 3. The van der Waals surface area contributed by atoms with Crippen molar-refractivity contribution < 1.29 is 27.4 Å². The van der Waals surface area contributed by atoms with Crippen molar-refractivity contribution in [2.24, 2.45) is 0 Å². The fourth-order valence-corrected chi connectivity index (χ4v) is 4.74. The second-order valence-corrected chi connectivity index (χ2v) is 9.42. The van der Waals surface area contributed by atoms with Crippen molar-refractivity contribution in [2.75, 3.05) is 20.3 Å². The van der Waals surface area contributed by atoms with Gasteiger partial charge in [-0.25, -0.2) is 0 Å². The summed E-state index contributed by atoms with van der Waals surface area (Å²) in [5, 5.41) is 4.18. The van der Waals surface area contributed by atoms with Gasteiger partial charge in [0.15, 0.2) is 0 Å². The van der Waals surface area contributed by atoms with E-state index in [9.17, 15) is 18.0 Å². The zero-order chi connectivity index (χ0) is 26.9. The molecule has 9 heteroatoms. The maximum Gasteiger partial charge on any atom is 0.433 e. The molecular formula is C28H32F3N3O3. The van der Waals surface area contributed by atoms with Gasteiger partial charge in [0.2, 0.25) is 5.91 Å². The highest BCUT2D eigenvalue weighted by molar-refractivity contribution is 5.79. The van der Waals surface area contributed by atoms with Gasteiger partial charge in [0.05, 0.1) is 31.2 Å². The van der Waals surface area contributed by atoms with Crippen molar-refractivity contribution in [2.45, 2.75) is 58.3 Å². The van der Waals surface area contributed by atoms with Crippen molar-refractivity contribution in [1.29, 1.82) is 0 Å². The molecule has 6 nitrogen and oxygen atoms in total. The fraction of sp³-hybridized carbons (Fsp3) is 0.429. The summed E-state index contributed by atoms with van der Waals surface area (Å²) in [6.45, 7) is 9.98. The molecule has 1 aliphatic heterocycles. The SMILES string of the molecule is C=C1CN(C(=O)Cn2nc(C3CC3)cc2C(F)(F)F)C(c2cccc(OC)c2C)/C1=C/C=C(\C)OCC. The van der Waals surface area contributed by atoms with Crippen LogP contribution in [0.2, 0.25) is 0 Å². The van der Waals surface area contributed by atoms with Crippen molar-refractivity contribution >= 4 is 5.91 Å². The highest BCUT2D eigenvalue weighted by Gasteiger charge is 2.41. The van der Waals surface area contributed by atoms with Gasteiger partial charge in [0.1, 0.15) is 18.0 Å². The molecule has 37 heavy (non-hydrogen) atoms. The Morgan fingerprint density at radius 2 is 2.03 bits per heavy atom. The van der Waals surface area contributed by atoms with E-state index in [1.807, 2.05) is 51.1 Å². The average Bonchev–Trinajstić information content (AvgIpc) is 3.51. The number of hydrogen-bond acceptors (Lipinski definition) is 4. The maximum absolute atomic E-state index is 13.8. The molecule has 1 saturated carbocycles. The molecular weight excluding hydrogens is 483 g/mol. The van der Waals surface area contributed by atoms with Crippen molar-refractivity contribution in [3.8, 4) is 5.75 Å². The van der Waals surface area contributed by atoms with Gasteiger partial charge in [-0.3, -0.25) is 9.48 Å². The fourth-order valence-electron chi connectivity index (χ4n) is 4.74. The maximum atomic E-state index is 13.8. The van der Waals surface area contributed by atoms with E-state index in [4.69, 9.17) is 9.47 Å². The molecule has 1 unspecified atom stereocenters. The third-order valence-electron chi connectivity index (χ3n) is 6.78. The second kappa shape index (κ2) is 10.5. The summed E-state index contributed by atoms with van der Waals surface area (Å²) in [7, 11) is 1.57. The van der Waals surface area contributed by atoms with Crippen molar-refractivity contribution in [3.63, 3.8) is 0 Å². The largest absolute Gasteiger partial charge is 0.499 e. The smallest absolute Gasteiger partial charge is 0.433 e. The van der Waals surface area contributed by atoms with Gasteiger partial charge in [0.25, 0.3) is 0 Å². The van der Waals surface area contributed by atoms with Gasteiger partial charge in [0, 0.05) is 12.5 Å². The third kappa shape index (κ3) is 5.60. The first-order valence-electron chi connectivity index (χ1n) is 12.3. The number of ether oxygens (including phenoxy) is 2. The van der Waals surface area contributed by atoms with E-state index in [-0.39, 0.29) is 12.5 Å². The number of rotatable bonds is 8. The predicted octanol–water partition coefficient (Wildman–Crippen LogP) is 6.10. The Bertz CT molecular complexity index is 1260. The molecule has 2 aliphatic rings. The molecule has 0 radical (unpaired) electrons. The van der Waals surface area contributed by atoms with Crippen LogP contribution in [0.25, 0.3) is 0 Å². The molecule has 4 rings (SSSR count). The lowest BCUT2D eigenvalue weighted by atomic mass is 9.93. The zero-order valence-corrected chi connectivity index (χ0v) is 21.6. The lowest BCUT2D eigenvalue weighted by Crippen LogP contribution is -2.35. The molecule has 2 heterocycles. The minimum Gasteiger partial charge on any atom is -0.499 e. The number of aromatic nitrogens is 2. The number of benzene rings is 1. The van der Waals surface area contributed by atoms with Gasteiger partial charge in [-0.2, -0.15) is 18.3 Å². The van der Waals surface area contributed by atoms with Crippen LogP contribution in [-0.4, -0.2) is 40.8 Å². The minimum atomic E-state index is -4.61. The van der Waals surface area contributed by atoms with Crippen LogP contribution >= 0.6 is 0 Å². The number of alkyl halides is 3. The van der Waals surface area contributed by atoms with Gasteiger partial charge in [-0.1, -0.05) is 24.8 Å².